The van der Waals surface area contributed by atoms with Crippen molar-refractivity contribution < 1.29 is 17.6 Å². The van der Waals surface area contributed by atoms with Crippen molar-refractivity contribution in [2.45, 2.75) is 31.8 Å². The molecule has 5 nitrogen and oxygen atoms in total. The van der Waals surface area contributed by atoms with E-state index < -0.39 is 10.0 Å². The van der Waals surface area contributed by atoms with Crippen LogP contribution in [-0.2, 0) is 21.2 Å². The number of fused-ring (bicyclic) bond motifs is 1. The zero-order valence-electron chi connectivity index (χ0n) is 12.5. The summed E-state index contributed by atoms with van der Waals surface area (Å²) < 4.78 is 37.9. The summed E-state index contributed by atoms with van der Waals surface area (Å²) in [5, 5.41) is 1.04. The Balaban J connectivity index is 1.50. The molecule has 1 aliphatic rings. The van der Waals surface area contributed by atoms with Crippen molar-refractivity contribution in [3.8, 4) is 0 Å². The lowest BCUT2D eigenvalue weighted by molar-refractivity contribution is 0.0304. The average Bonchev–Trinajstić information content (AvgIpc) is 2.90. The normalized spacial score (nSPS) is 19.5. The van der Waals surface area contributed by atoms with Crippen molar-refractivity contribution in [3.05, 3.63) is 36.1 Å². The summed E-state index contributed by atoms with van der Waals surface area (Å²) in [4.78, 5) is 0. The van der Waals surface area contributed by atoms with Crippen LogP contribution in [0.15, 0.2) is 34.7 Å². The Morgan fingerprint density at radius 1 is 1.23 bits per heavy atom. The Kier molecular flexibility index (Phi) is 4.81. The number of benzene rings is 1. The highest BCUT2D eigenvalue weighted by atomic mass is 32.2. The van der Waals surface area contributed by atoms with Crippen LogP contribution in [0.3, 0.4) is 0 Å². The van der Waals surface area contributed by atoms with E-state index in [0.29, 0.717) is 19.6 Å². The molecule has 1 unspecified atom stereocenters. The number of sulfonamides is 1. The minimum absolute atomic E-state index is 0.0487. The summed E-state index contributed by atoms with van der Waals surface area (Å²) in [6, 6.07) is 9.71. The van der Waals surface area contributed by atoms with Gasteiger partial charge in [-0.2, -0.15) is 0 Å². The molecule has 0 amide bonds. The van der Waals surface area contributed by atoms with E-state index in [9.17, 15) is 8.42 Å². The first-order valence-electron chi connectivity index (χ1n) is 7.69. The summed E-state index contributed by atoms with van der Waals surface area (Å²) in [5.41, 5.74) is 0.830. The smallest absolute Gasteiger partial charge is 0.214 e. The average molecular weight is 323 g/mol. The molecule has 0 radical (unpaired) electrons. The first-order chi connectivity index (χ1) is 10.6. The maximum Gasteiger partial charge on any atom is 0.214 e. The minimum Gasteiger partial charge on any atom is -0.461 e. The summed E-state index contributed by atoms with van der Waals surface area (Å²) in [6.45, 7) is 1.01. The molecule has 22 heavy (non-hydrogen) atoms. The molecule has 1 aromatic heterocycles. The third-order valence-electron chi connectivity index (χ3n) is 3.85. The number of para-hydroxylation sites is 1. The van der Waals surface area contributed by atoms with Gasteiger partial charge in [-0.3, -0.25) is 0 Å². The number of rotatable bonds is 6. The minimum atomic E-state index is -3.30. The standard InChI is InChI=1S/C16H21NO4S/c18-22(19,12-15-6-3-4-10-20-15)17-9-8-14-11-13-5-1-2-7-16(13)21-14/h1-2,5,7,11,15,17H,3-4,6,8-10,12H2. The van der Waals surface area contributed by atoms with Crippen LogP contribution in [0.1, 0.15) is 25.0 Å². The highest BCUT2D eigenvalue weighted by Crippen LogP contribution is 2.19. The van der Waals surface area contributed by atoms with Gasteiger partial charge in [-0.25, -0.2) is 13.1 Å². The predicted octanol–water partition coefficient (Wildman–Crippen LogP) is 2.46. The van der Waals surface area contributed by atoms with Gasteiger partial charge in [-0.1, -0.05) is 18.2 Å². The molecule has 6 heteroatoms. The molecule has 0 spiro atoms. The molecule has 1 N–H and O–H groups in total. The summed E-state index contributed by atoms with van der Waals surface area (Å²) in [5.74, 6) is 0.838. The molecule has 2 heterocycles. The zero-order chi connectivity index (χ0) is 15.4. The molecule has 1 fully saturated rings. The van der Waals surface area contributed by atoms with E-state index in [0.717, 1.165) is 36.0 Å². The van der Waals surface area contributed by atoms with Gasteiger partial charge in [-0.15, -0.1) is 0 Å². The number of furan rings is 1. The Hall–Kier alpha value is -1.37. The molecule has 1 aromatic carbocycles. The van der Waals surface area contributed by atoms with Crippen LogP contribution in [0.25, 0.3) is 11.0 Å². The number of ether oxygens (including phenoxy) is 1. The molecule has 2 aromatic rings. The van der Waals surface area contributed by atoms with Crippen LogP contribution in [0, 0.1) is 0 Å². The highest BCUT2D eigenvalue weighted by Gasteiger charge is 2.21. The van der Waals surface area contributed by atoms with Crippen molar-refractivity contribution in [3.63, 3.8) is 0 Å². The Bertz CT molecular complexity index is 684. The van der Waals surface area contributed by atoms with E-state index in [1.165, 1.54) is 0 Å². The Morgan fingerprint density at radius 2 is 2.09 bits per heavy atom. The predicted molar refractivity (Wildman–Crippen MR) is 85.3 cm³/mol. The lowest BCUT2D eigenvalue weighted by Crippen LogP contribution is -2.35. The van der Waals surface area contributed by atoms with Crippen LogP contribution in [0.2, 0.25) is 0 Å². The van der Waals surface area contributed by atoms with E-state index in [1.807, 2.05) is 30.3 Å². The van der Waals surface area contributed by atoms with Gasteiger partial charge in [0.1, 0.15) is 11.3 Å². The maximum absolute atomic E-state index is 12.0. The third kappa shape index (κ3) is 4.09. The molecule has 1 saturated heterocycles. The quantitative estimate of drug-likeness (QED) is 0.886. The van der Waals surface area contributed by atoms with E-state index in [2.05, 4.69) is 4.72 Å². The molecule has 1 atom stereocenters. The summed E-state index contributed by atoms with van der Waals surface area (Å²) in [6.07, 6.45) is 3.26. The van der Waals surface area contributed by atoms with Crippen molar-refractivity contribution in [2.75, 3.05) is 18.9 Å². The first-order valence-corrected chi connectivity index (χ1v) is 9.34. The fourth-order valence-corrected chi connectivity index (χ4v) is 4.02. The van der Waals surface area contributed by atoms with Gasteiger partial charge in [0.2, 0.25) is 10.0 Å². The second-order valence-electron chi connectivity index (χ2n) is 5.66. The van der Waals surface area contributed by atoms with Crippen molar-refractivity contribution in [2.24, 2.45) is 0 Å². The molecule has 0 bridgehead atoms. The van der Waals surface area contributed by atoms with E-state index >= 15 is 0 Å². The van der Waals surface area contributed by atoms with Crippen LogP contribution >= 0.6 is 0 Å². The van der Waals surface area contributed by atoms with Crippen LogP contribution in [0.4, 0.5) is 0 Å². The largest absolute Gasteiger partial charge is 0.461 e. The van der Waals surface area contributed by atoms with Gasteiger partial charge in [0.25, 0.3) is 0 Å². The highest BCUT2D eigenvalue weighted by molar-refractivity contribution is 7.89. The maximum atomic E-state index is 12.0. The second-order valence-corrected chi connectivity index (χ2v) is 7.52. The number of hydrogen-bond acceptors (Lipinski definition) is 4. The van der Waals surface area contributed by atoms with Crippen LogP contribution in [-0.4, -0.2) is 33.4 Å². The Labute approximate surface area is 130 Å². The number of nitrogens with one attached hydrogen (secondary N) is 1. The van der Waals surface area contributed by atoms with Gasteiger partial charge < -0.3 is 9.15 Å². The topological polar surface area (TPSA) is 68.5 Å². The molecule has 1 aliphatic heterocycles. The van der Waals surface area contributed by atoms with Crippen LogP contribution < -0.4 is 4.72 Å². The summed E-state index contributed by atoms with van der Waals surface area (Å²) >= 11 is 0. The van der Waals surface area contributed by atoms with Crippen molar-refractivity contribution in [1.29, 1.82) is 0 Å². The SMILES string of the molecule is O=S(=O)(CC1CCCCO1)NCCc1cc2ccccc2o1. The van der Waals surface area contributed by atoms with Crippen molar-refractivity contribution >= 4 is 21.0 Å². The van der Waals surface area contributed by atoms with E-state index in [1.54, 1.807) is 0 Å². The van der Waals surface area contributed by atoms with Crippen LogP contribution in [0.5, 0.6) is 0 Å². The first kappa shape index (κ1) is 15.5. The third-order valence-corrected chi connectivity index (χ3v) is 5.30. The summed E-state index contributed by atoms with van der Waals surface area (Å²) in [7, 11) is -3.30. The fraction of sp³-hybridized carbons (Fsp3) is 0.500. The second kappa shape index (κ2) is 6.81. The van der Waals surface area contributed by atoms with E-state index in [4.69, 9.17) is 9.15 Å². The van der Waals surface area contributed by atoms with E-state index in [-0.39, 0.29) is 11.9 Å². The molecular formula is C16H21NO4S. The molecule has 120 valence electrons. The van der Waals surface area contributed by atoms with Gasteiger partial charge in [0.05, 0.1) is 11.9 Å². The fourth-order valence-electron chi connectivity index (χ4n) is 2.73. The molecule has 3 rings (SSSR count). The zero-order valence-corrected chi connectivity index (χ0v) is 13.3. The molecule has 0 saturated carbocycles. The lowest BCUT2D eigenvalue weighted by atomic mass is 10.1. The van der Waals surface area contributed by atoms with Gasteiger partial charge in [-0.05, 0) is 31.4 Å². The molecular weight excluding hydrogens is 302 g/mol. The van der Waals surface area contributed by atoms with Crippen molar-refractivity contribution in [1.82, 2.24) is 4.72 Å². The van der Waals surface area contributed by atoms with Gasteiger partial charge >= 0.3 is 0 Å². The number of hydrogen-bond donors (Lipinski definition) is 1. The Morgan fingerprint density at radius 3 is 2.86 bits per heavy atom. The molecule has 0 aliphatic carbocycles. The monoisotopic (exact) mass is 323 g/mol. The lowest BCUT2D eigenvalue weighted by Gasteiger charge is -2.22. The van der Waals surface area contributed by atoms with Gasteiger partial charge in [0, 0.05) is 25.0 Å². The van der Waals surface area contributed by atoms with Gasteiger partial charge in [0.15, 0.2) is 0 Å².